The third kappa shape index (κ3) is 6.19. The number of hydrogen-bond donors (Lipinski definition) is 2. The summed E-state index contributed by atoms with van der Waals surface area (Å²) >= 11 is 0. The van der Waals surface area contributed by atoms with Gasteiger partial charge in [0.25, 0.3) is 5.91 Å². The molecule has 0 heterocycles. The fourth-order valence-corrected chi connectivity index (χ4v) is 2.48. The number of nitrogens with one attached hydrogen (secondary N) is 2. The zero-order valence-electron chi connectivity index (χ0n) is 16.2. The average Bonchev–Trinajstić information content (AvgIpc) is 2.66. The van der Waals surface area contributed by atoms with Gasteiger partial charge in [-0.3, -0.25) is 14.4 Å². The van der Waals surface area contributed by atoms with Crippen molar-refractivity contribution in [3.05, 3.63) is 65.5 Å². The summed E-state index contributed by atoms with van der Waals surface area (Å²) in [5.74, 6) is -1.64. The molecule has 6 nitrogen and oxygen atoms in total. The first-order chi connectivity index (χ1) is 13.3. The molecular weight excluding hydrogens is 361 g/mol. The van der Waals surface area contributed by atoms with Crippen LogP contribution in [-0.4, -0.2) is 41.8 Å². The molecule has 0 unspecified atom stereocenters. The molecule has 148 valence electrons. The molecule has 28 heavy (non-hydrogen) atoms. The minimum atomic E-state index is -0.455. The minimum Gasteiger partial charge on any atom is -0.345 e. The molecule has 0 atom stereocenters. The van der Waals surface area contributed by atoms with Gasteiger partial charge in [0, 0.05) is 17.3 Å². The molecular formula is C21H24FN3O3. The van der Waals surface area contributed by atoms with E-state index in [1.807, 2.05) is 19.1 Å². The van der Waals surface area contributed by atoms with E-state index in [0.717, 1.165) is 5.56 Å². The number of carbonyl (C=O) groups is 3. The third-order valence-corrected chi connectivity index (χ3v) is 4.07. The Balaban J connectivity index is 1.89. The van der Waals surface area contributed by atoms with E-state index in [0.29, 0.717) is 11.3 Å². The second kappa shape index (κ2) is 9.64. The number of benzene rings is 2. The highest BCUT2D eigenvalue weighted by molar-refractivity contribution is 5.98. The second-order valence-corrected chi connectivity index (χ2v) is 6.72. The first-order valence-electron chi connectivity index (χ1n) is 8.96. The molecule has 2 aromatic rings. The Bertz CT molecular complexity index is 833. The van der Waals surface area contributed by atoms with Gasteiger partial charge in [0.2, 0.25) is 11.8 Å². The van der Waals surface area contributed by atoms with Crippen LogP contribution in [0.15, 0.2) is 48.5 Å². The summed E-state index contributed by atoms with van der Waals surface area (Å²) < 4.78 is 13.0. The van der Waals surface area contributed by atoms with Crippen LogP contribution >= 0.6 is 0 Å². The van der Waals surface area contributed by atoms with Crippen LogP contribution in [0.1, 0.15) is 29.8 Å². The lowest BCUT2D eigenvalue weighted by Gasteiger charge is -2.26. The number of anilines is 1. The van der Waals surface area contributed by atoms with E-state index >= 15 is 0 Å². The van der Waals surface area contributed by atoms with E-state index in [1.165, 1.54) is 29.2 Å². The summed E-state index contributed by atoms with van der Waals surface area (Å²) in [6.45, 7) is 5.09. The number of aryl methyl sites for hydroxylation is 1. The van der Waals surface area contributed by atoms with Crippen molar-refractivity contribution in [3.8, 4) is 0 Å². The van der Waals surface area contributed by atoms with Crippen molar-refractivity contribution < 1.29 is 18.8 Å². The Hall–Kier alpha value is -3.22. The smallest absolute Gasteiger partial charge is 0.254 e. The van der Waals surface area contributed by atoms with Gasteiger partial charge in [-0.2, -0.15) is 0 Å². The Morgan fingerprint density at radius 3 is 2.14 bits per heavy atom. The first kappa shape index (κ1) is 21.1. The van der Waals surface area contributed by atoms with E-state index in [4.69, 9.17) is 0 Å². The number of hydrogen-bond acceptors (Lipinski definition) is 3. The highest BCUT2D eigenvalue weighted by atomic mass is 19.1. The lowest BCUT2D eigenvalue weighted by Crippen LogP contribution is -2.45. The van der Waals surface area contributed by atoms with Crippen LogP contribution in [0.2, 0.25) is 0 Å². The second-order valence-electron chi connectivity index (χ2n) is 6.72. The molecule has 0 spiro atoms. The Morgan fingerprint density at radius 1 is 0.964 bits per heavy atom. The van der Waals surface area contributed by atoms with Gasteiger partial charge in [-0.05, 0) is 57.2 Å². The maximum Gasteiger partial charge on any atom is 0.254 e. The SMILES string of the molecule is Cc1ccc(NC(=O)CNC(=O)CN(C(=O)c2ccc(F)cc2)C(C)C)cc1. The summed E-state index contributed by atoms with van der Waals surface area (Å²) in [7, 11) is 0. The van der Waals surface area contributed by atoms with Crippen molar-refractivity contribution in [3.63, 3.8) is 0 Å². The lowest BCUT2D eigenvalue weighted by molar-refractivity contribution is -0.124. The number of rotatable bonds is 7. The van der Waals surface area contributed by atoms with Crippen LogP contribution < -0.4 is 10.6 Å². The van der Waals surface area contributed by atoms with Crippen molar-refractivity contribution in [1.29, 1.82) is 0 Å². The van der Waals surface area contributed by atoms with Crippen LogP contribution in [0.25, 0.3) is 0 Å². The Morgan fingerprint density at radius 2 is 1.57 bits per heavy atom. The maximum atomic E-state index is 13.0. The van der Waals surface area contributed by atoms with Crippen LogP contribution in [0.3, 0.4) is 0 Å². The Kier molecular flexibility index (Phi) is 7.26. The van der Waals surface area contributed by atoms with Gasteiger partial charge in [0.15, 0.2) is 0 Å². The van der Waals surface area contributed by atoms with Crippen molar-refractivity contribution in [1.82, 2.24) is 10.2 Å². The van der Waals surface area contributed by atoms with Crippen molar-refractivity contribution in [2.75, 3.05) is 18.4 Å². The first-order valence-corrected chi connectivity index (χ1v) is 8.96. The normalized spacial score (nSPS) is 10.5. The zero-order valence-corrected chi connectivity index (χ0v) is 16.2. The van der Waals surface area contributed by atoms with Gasteiger partial charge in [-0.1, -0.05) is 17.7 Å². The quantitative estimate of drug-likeness (QED) is 0.769. The zero-order chi connectivity index (χ0) is 20.7. The van der Waals surface area contributed by atoms with Gasteiger partial charge < -0.3 is 15.5 Å². The summed E-state index contributed by atoms with van der Waals surface area (Å²) in [5.41, 5.74) is 2.01. The third-order valence-electron chi connectivity index (χ3n) is 4.07. The number of nitrogens with zero attached hydrogens (tertiary/aromatic N) is 1. The van der Waals surface area contributed by atoms with Crippen molar-refractivity contribution in [2.24, 2.45) is 0 Å². The lowest BCUT2D eigenvalue weighted by atomic mass is 10.1. The molecule has 3 amide bonds. The van der Waals surface area contributed by atoms with Crippen molar-refractivity contribution >= 4 is 23.4 Å². The molecule has 0 fully saturated rings. The van der Waals surface area contributed by atoms with Gasteiger partial charge in [-0.25, -0.2) is 4.39 Å². The number of amides is 3. The maximum absolute atomic E-state index is 13.0. The fourth-order valence-electron chi connectivity index (χ4n) is 2.48. The standard InChI is InChI=1S/C21H24FN3O3/c1-14(2)25(21(28)16-6-8-17(22)9-7-16)13-20(27)23-12-19(26)24-18-10-4-15(3)5-11-18/h4-11,14H,12-13H2,1-3H3,(H,23,27)(H,24,26). The van der Waals surface area contributed by atoms with Crippen LogP contribution in [0.4, 0.5) is 10.1 Å². The molecule has 0 aliphatic rings. The highest BCUT2D eigenvalue weighted by Gasteiger charge is 2.21. The average molecular weight is 385 g/mol. The molecule has 2 rings (SSSR count). The van der Waals surface area contributed by atoms with Gasteiger partial charge >= 0.3 is 0 Å². The molecule has 2 N–H and O–H groups in total. The van der Waals surface area contributed by atoms with Gasteiger partial charge in [0.1, 0.15) is 12.4 Å². The Labute approximate surface area is 163 Å². The largest absolute Gasteiger partial charge is 0.345 e. The molecule has 0 bridgehead atoms. The molecule has 0 saturated carbocycles. The van der Waals surface area contributed by atoms with E-state index in [2.05, 4.69) is 10.6 Å². The van der Waals surface area contributed by atoms with E-state index in [1.54, 1.807) is 26.0 Å². The topological polar surface area (TPSA) is 78.5 Å². The molecule has 0 aliphatic heterocycles. The molecule has 0 aromatic heterocycles. The van der Waals surface area contributed by atoms with Crippen LogP contribution in [0, 0.1) is 12.7 Å². The minimum absolute atomic E-state index is 0.203. The summed E-state index contributed by atoms with van der Waals surface area (Å²) in [4.78, 5) is 38.1. The molecule has 0 aliphatic carbocycles. The predicted octanol–water partition coefficient (Wildman–Crippen LogP) is 2.74. The molecule has 7 heteroatoms. The van der Waals surface area contributed by atoms with Crippen LogP contribution in [0.5, 0.6) is 0 Å². The fraction of sp³-hybridized carbons (Fsp3) is 0.286. The molecule has 2 aromatic carbocycles. The number of halogens is 1. The molecule has 0 radical (unpaired) electrons. The predicted molar refractivity (Wildman–Crippen MR) is 105 cm³/mol. The van der Waals surface area contributed by atoms with Gasteiger partial charge in [-0.15, -0.1) is 0 Å². The van der Waals surface area contributed by atoms with E-state index < -0.39 is 11.7 Å². The van der Waals surface area contributed by atoms with Crippen LogP contribution in [-0.2, 0) is 9.59 Å². The summed E-state index contributed by atoms with van der Waals surface area (Å²) in [5, 5.41) is 5.19. The highest BCUT2D eigenvalue weighted by Crippen LogP contribution is 2.10. The summed E-state index contributed by atoms with van der Waals surface area (Å²) in [6.07, 6.45) is 0. The number of carbonyl (C=O) groups excluding carboxylic acids is 3. The van der Waals surface area contributed by atoms with E-state index in [-0.39, 0.29) is 30.9 Å². The van der Waals surface area contributed by atoms with Gasteiger partial charge in [0.05, 0.1) is 6.54 Å². The summed E-state index contributed by atoms with van der Waals surface area (Å²) in [6, 6.07) is 12.2. The molecule has 0 saturated heterocycles. The van der Waals surface area contributed by atoms with E-state index in [9.17, 15) is 18.8 Å². The monoisotopic (exact) mass is 385 g/mol. The van der Waals surface area contributed by atoms with Crippen molar-refractivity contribution in [2.45, 2.75) is 26.8 Å².